The number of rotatable bonds is 8. The maximum absolute atomic E-state index is 11.9. The number of amides is 1. The van der Waals surface area contributed by atoms with Crippen molar-refractivity contribution >= 4 is 23.2 Å². The molecule has 0 fully saturated rings. The summed E-state index contributed by atoms with van der Waals surface area (Å²) in [5, 5.41) is 12.9. The van der Waals surface area contributed by atoms with E-state index in [1.54, 1.807) is 42.1 Å². The molecule has 27 heavy (non-hydrogen) atoms. The number of nitrogens with zero attached hydrogens (tertiary/aromatic N) is 4. The van der Waals surface area contributed by atoms with Crippen LogP contribution in [0.5, 0.6) is 5.88 Å². The smallest absolute Gasteiger partial charge is 0.241 e. The van der Waals surface area contributed by atoms with Gasteiger partial charge in [0.1, 0.15) is 0 Å². The molecule has 148 valence electrons. The Morgan fingerprint density at radius 2 is 2.19 bits per heavy atom. The zero-order chi connectivity index (χ0) is 19.8. The Bertz CT molecular complexity index is 767. The maximum atomic E-state index is 11.9. The van der Waals surface area contributed by atoms with E-state index in [1.807, 2.05) is 18.5 Å². The number of carbonyl (C=O) groups excluding carboxylic acids is 1. The zero-order valence-corrected chi connectivity index (χ0v) is 17.4. The van der Waals surface area contributed by atoms with Crippen LogP contribution in [0.15, 0.2) is 22.5 Å². The van der Waals surface area contributed by atoms with Gasteiger partial charge in [0.25, 0.3) is 0 Å². The highest BCUT2D eigenvalue weighted by Crippen LogP contribution is 2.22. The second kappa shape index (κ2) is 9.96. The minimum atomic E-state index is -0.0196. The van der Waals surface area contributed by atoms with Crippen LogP contribution in [0.1, 0.15) is 23.1 Å². The first-order valence-electron chi connectivity index (χ1n) is 8.79. The number of carbonyl (C=O) groups is 1. The monoisotopic (exact) mass is 392 g/mol. The first-order chi connectivity index (χ1) is 13.0. The van der Waals surface area contributed by atoms with Crippen LogP contribution in [0.3, 0.4) is 0 Å². The third kappa shape index (κ3) is 5.72. The molecule has 8 nitrogen and oxygen atoms in total. The highest BCUT2D eigenvalue weighted by Gasteiger charge is 2.15. The molecule has 2 N–H and O–H groups in total. The Kier molecular flexibility index (Phi) is 7.66. The topological polar surface area (TPSA) is 83.8 Å². The Morgan fingerprint density at radius 1 is 1.41 bits per heavy atom. The number of aliphatic imine (C=N–C) groups is 1. The summed E-state index contributed by atoms with van der Waals surface area (Å²) in [5.41, 5.74) is 1.92. The number of nitrogens with one attached hydrogen (secondary N) is 2. The molecular weight excluding hydrogens is 364 g/mol. The minimum absolute atomic E-state index is 0.0196. The summed E-state index contributed by atoms with van der Waals surface area (Å²) in [6, 6.07) is 4.06. The fourth-order valence-electron chi connectivity index (χ4n) is 2.54. The Balaban J connectivity index is 2.14. The van der Waals surface area contributed by atoms with E-state index in [4.69, 9.17) is 4.74 Å². The van der Waals surface area contributed by atoms with Gasteiger partial charge in [0.2, 0.25) is 11.8 Å². The predicted molar refractivity (Wildman–Crippen MR) is 108 cm³/mol. The maximum Gasteiger partial charge on any atom is 0.241 e. The van der Waals surface area contributed by atoms with Gasteiger partial charge in [-0.2, -0.15) is 5.10 Å². The normalized spacial score (nSPS) is 11.4. The molecule has 9 heteroatoms. The van der Waals surface area contributed by atoms with Crippen molar-refractivity contribution in [1.82, 2.24) is 25.3 Å². The molecular formula is C18H28N6O2S. The molecule has 0 saturated carbocycles. The summed E-state index contributed by atoms with van der Waals surface area (Å²) in [6.45, 7) is 3.29. The standard InChI is InChI=1S/C18H28N6O2S/c1-6-15-14(17(26-5)24(4)22-15)11-20-18(21-12-16(25)23(2)3)19-10-13-8-7-9-27-13/h7-9H,6,10-12H2,1-5H3,(H2,19,20,21). The highest BCUT2D eigenvalue weighted by atomic mass is 32.1. The average molecular weight is 393 g/mol. The molecule has 0 aliphatic heterocycles. The fourth-order valence-corrected chi connectivity index (χ4v) is 3.18. The van der Waals surface area contributed by atoms with Gasteiger partial charge in [-0.3, -0.25) is 4.79 Å². The number of hydrogen-bond donors (Lipinski definition) is 2. The molecule has 0 aromatic carbocycles. The molecule has 0 aliphatic carbocycles. The van der Waals surface area contributed by atoms with E-state index in [1.165, 1.54) is 4.88 Å². The number of thiophene rings is 1. The van der Waals surface area contributed by atoms with Gasteiger partial charge in [-0.25, -0.2) is 9.67 Å². The van der Waals surface area contributed by atoms with Crippen LogP contribution >= 0.6 is 11.3 Å². The lowest BCUT2D eigenvalue weighted by Crippen LogP contribution is -2.42. The first kappa shape index (κ1) is 20.8. The van der Waals surface area contributed by atoms with Gasteiger partial charge < -0.3 is 20.3 Å². The molecule has 0 unspecified atom stereocenters. The van der Waals surface area contributed by atoms with E-state index in [0.29, 0.717) is 24.9 Å². The van der Waals surface area contributed by atoms with Crippen LogP contribution in [0.2, 0.25) is 0 Å². The molecule has 0 atom stereocenters. The van der Waals surface area contributed by atoms with Crippen LogP contribution in [0.4, 0.5) is 0 Å². The lowest BCUT2D eigenvalue weighted by atomic mass is 10.2. The van der Waals surface area contributed by atoms with Gasteiger partial charge in [-0.15, -0.1) is 11.3 Å². The Morgan fingerprint density at radius 3 is 2.78 bits per heavy atom. The fraction of sp³-hybridized carbons (Fsp3) is 0.500. The van der Waals surface area contributed by atoms with Crippen LogP contribution in [-0.4, -0.2) is 54.3 Å². The van der Waals surface area contributed by atoms with Crippen molar-refractivity contribution in [2.45, 2.75) is 26.4 Å². The molecule has 1 amide bonds. The van der Waals surface area contributed by atoms with E-state index >= 15 is 0 Å². The summed E-state index contributed by atoms with van der Waals surface area (Å²) in [7, 11) is 6.95. The first-order valence-corrected chi connectivity index (χ1v) is 9.67. The molecule has 2 rings (SSSR count). The second-order valence-corrected chi connectivity index (χ2v) is 7.18. The third-order valence-electron chi connectivity index (χ3n) is 4.01. The van der Waals surface area contributed by atoms with Gasteiger partial charge in [0.05, 0.1) is 38.0 Å². The summed E-state index contributed by atoms with van der Waals surface area (Å²) < 4.78 is 7.20. The van der Waals surface area contributed by atoms with E-state index in [9.17, 15) is 4.79 Å². The van der Waals surface area contributed by atoms with Crippen LogP contribution in [0, 0.1) is 0 Å². The lowest BCUT2D eigenvalue weighted by molar-refractivity contribution is -0.127. The number of methoxy groups -OCH3 is 1. The number of ether oxygens (including phenoxy) is 1. The third-order valence-corrected chi connectivity index (χ3v) is 4.89. The summed E-state index contributed by atoms with van der Waals surface area (Å²) in [4.78, 5) is 19.3. The number of guanidine groups is 1. The van der Waals surface area contributed by atoms with Crippen molar-refractivity contribution < 1.29 is 9.53 Å². The molecule has 2 aromatic rings. The van der Waals surface area contributed by atoms with E-state index < -0.39 is 0 Å². The van der Waals surface area contributed by atoms with Crippen molar-refractivity contribution in [3.63, 3.8) is 0 Å². The van der Waals surface area contributed by atoms with Crippen LogP contribution in [0.25, 0.3) is 0 Å². The summed E-state index contributed by atoms with van der Waals surface area (Å²) >= 11 is 1.67. The molecule has 0 saturated heterocycles. The van der Waals surface area contributed by atoms with Crippen molar-refractivity contribution in [2.75, 3.05) is 27.7 Å². The minimum Gasteiger partial charge on any atom is -0.481 e. The molecule has 0 radical (unpaired) electrons. The van der Waals surface area contributed by atoms with Gasteiger partial charge >= 0.3 is 0 Å². The average Bonchev–Trinajstić information content (AvgIpc) is 3.27. The van der Waals surface area contributed by atoms with Gasteiger partial charge in [-0.05, 0) is 17.9 Å². The van der Waals surface area contributed by atoms with Gasteiger partial charge in [0, 0.05) is 26.0 Å². The van der Waals surface area contributed by atoms with E-state index in [0.717, 1.165) is 17.7 Å². The number of aryl methyl sites for hydroxylation is 2. The SMILES string of the molecule is CCc1nn(C)c(OC)c1CN=C(NCC(=O)N(C)C)NCc1cccs1. The Labute approximate surface area is 164 Å². The summed E-state index contributed by atoms with van der Waals surface area (Å²) in [5.74, 6) is 1.26. The second-order valence-electron chi connectivity index (χ2n) is 6.15. The lowest BCUT2D eigenvalue weighted by Gasteiger charge is -2.15. The van der Waals surface area contributed by atoms with Crippen LogP contribution in [-0.2, 0) is 31.4 Å². The van der Waals surface area contributed by atoms with Crippen molar-refractivity contribution in [3.05, 3.63) is 33.6 Å². The quantitative estimate of drug-likeness (QED) is 0.524. The Hall–Kier alpha value is -2.55. The molecule has 2 aromatic heterocycles. The highest BCUT2D eigenvalue weighted by molar-refractivity contribution is 7.09. The molecule has 0 aliphatic rings. The predicted octanol–water partition coefficient (Wildman–Crippen LogP) is 1.38. The van der Waals surface area contributed by atoms with Crippen LogP contribution < -0.4 is 15.4 Å². The van der Waals surface area contributed by atoms with Gasteiger partial charge in [0.15, 0.2) is 5.96 Å². The van der Waals surface area contributed by atoms with Crippen molar-refractivity contribution in [3.8, 4) is 5.88 Å². The molecule has 0 bridgehead atoms. The van der Waals surface area contributed by atoms with E-state index in [2.05, 4.69) is 33.7 Å². The summed E-state index contributed by atoms with van der Waals surface area (Å²) in [6.07, 6.45) is 0.798. The molecule has 0 spiro atoms. The number of likely N-dealkylation sites (N-methyl/N-ethyl adjacent to an activating group) is 1. The number of aromatic nitrogens is 2. The zero-order valence-electron chi connectivity index (χ0n) is 16.6. The van der Waals surface area contributed by atoms with Crippen molar-refractivity contribution in [1.29, 1.82) is 0 Å². The largest absolute Gasteiger partial charge is 0.481 e. The van der Waals surface area contributed by atoms with Gasteiger partial charge in [-0.1, -0.05) is 13.0 Å². The van der Waals surface area contributed by atoms with Crippen molar-refractivity contribution in [2.24, 2.45) is 12.0 Å². The number of hydrogen-bond acceptors (Lipinski definition) is 5. The van der Waals surface area contributed by atoms with E-state index in [-0.39, 0.29) is 12.5 Å². The molecule has 2 heterocycles.